The van der Waals surface area contributed by atoms with Crippen LogP contribution in [0.5, 0.6) is 0 Å². The predicted molar refractivity (Wildman–Crippen MR) is 124 cm³/mol. The van der Waals surface area contributed by atoms with Crippen LogP contribution in [0.1, 0.15) is 31.2 Å². The first-order chi connectivity index (χ1) is 17.7. The van der Waals surface area contributed by atoms with Gasteiger partial charge in [-0.3, -0.25) is 4.79 Å². The molecule has 2 heterocycles. The fourth-order valence-electron chi connectivity index (χ4n) is 4.27. The smallest absolute Gasteiger partial charge is 0.298 e. The number of hydrogen-bond acceptors (Lipinski definition) is 5. The summed E-state index contributed by atoms with van der Waals surface area (Å²) in [5.41, 5.74) is -1.46. The Morgan fingerprint density at radius 1 is 1.05 bits per heavy atom. The number of benzene rings is 2. The standard InChI is InChI=1S/C25H21F6N3O3S/c1-24(28)11-21(34(14-24)38(36,37)19-6-4-18(26)5-7-19)22(35)9-3-16-10-15(2-8-20(16)27)17-12-32-23(33-13-17)25(29,30)31/h2,4-8,10,12-13,21H,3,9,11,14H2,1H3/t21-,24+/m0/s1. The lowest BCUT2D eigenvalue weighted by molar-refractivity contribution is -0.145. The number of hydrogen-bond donors (Lipinski definition) is 0. The summed E-state index contributed by atoms with van der Waals surface area (Å²) in [4.78, 5) is 19.3. The Morgan fingerprint density at radius 3 is 2.29 bits per heavy atom. The molecular weight excluding hydrogens is 536 g/mol. The Kier molecular flexibility index (Phi) is 7.36. The number of halogens is 6. The molecule has 202 valence electrons. The first-order valence-corrected chi connectivity index (χ1v) is 12.8. The highest BCUT2D eigenvalue weighted by atomic mass is 32.2. The van der Waals surface area contributed by atoms with Gasteiger partial charge in [-0.15, -0.1) is 0 Å². The summed E-state index contributed by atoms with van der Waals surface area (Å²) in [7, 11) is -4.33. The minimum atomic E-state index is -4.72. The Labute approximate surface area is 214 Å². The van der Waals surface area contributed by atoms with Crippen LogP contribution in [0, 0.1) is 11.6 Å². The van der Waals surface area contributed by atoms with Crippen molar-refractivity contribution in [2.24, 2.45) is 0 Å². The molecule has 4 rings (SSSR count). The van der Waals surface area contributed by atoms with E-state index in [1.807, 2.05) is 0 Å². The first-order valence-electron chi connectivity index (χ1n) is 11.3. The largest absolute Gasteiger partial charge is 0.451 e. The highest BCUT2D eigenvalue weighted by Crippen LogP contribution is 2.36. The number of rotatable bonds is 7. The SMILES string of the molecule is C[C@@]1(F)C[C@@H](C(=O)CCc2cc(-c3cnc(C(F)(F)F)nc3)ccc2F)N(S(=O)(=O)c2ccc(F)cc2)C1. The van der Waals surface area contributed by atoms with Crippen molar-refractivity contribution in [1.82, 2.24) is 14.3 Å². The molecule has 0 spiro atoms. The van der Waals surface area contributed by atoms with E-state index in [1.165, 1.54) is 19.1 Å². The van der Waals surface area contributed by atoms with Gasteiger partial charge in [0, 0.05) is 37.3 Å². The van der Waals surface area contributed by atoms with Gasteiger partial charge in [-0.1, -0.05) is 6.07 Å². The summed E-state index contributed by atoms with van der Waals surface area (Å²) >= 11 is 0. The van der Waals surface area contributed by atoms with Gasteiger partial charge in [0.05, 0.1) is 10.9 Å². The van der Waals surface area contributed by atoms with Crippen LogP contribution >= 0.6 is 0 Å². The molecule has 0 N–H and O–H groups in total. The van der Waals surface area contributed by atoms with Gasteiger partial charge in [-0.25, -0.2) is 31.6 Å². The van der Waals surface area contributed by atoms with Gasteiger partial charge < -0.3 is 0 Å². The van der Waals surface area contributed by atoms with E-state index in [1.54, 1.807) is 0 Å². The third-order valence-corrected chi connectivity index (χ3v) is 8.04. The van der Waals surface area contributed by atoms with Crippen molar-refractivity contribution in [3.63, 3.8) is 0 Å². The van der Waals surface area contributed by atoms with Crippen LogP contribution in [0.3, 0.4) is 0 Å². The van der Waals surface area contributed by atoms with Gasteiger partial charge in [0.15, 0.2) is 5.78 Å². The van der Waals surface area contributed by atoms with Crippen molar-refractivity contribution in [3.8, 4) is 11.1 Å². The van der Waals surface area contributed by atoms with Crippen molar-refractivity contribution in [2.75, 3.05) is 6.54 Å². The van der Waals surface area contributed by atoms with E-state index in [0.717, 1.165) is 47.0 Å². The topological polar surface area (TPSA) is 80.2 Å². The van der Waals surface area contributed by atoms with Crippen molar-refractivity contribution < 1.29 is 39.6 Å². The monoisotopic (exact) mass is 557 g/mol. The van der Waals surface area contributed by atoms with Crippen molar-refractivity contribution in [1.29, 1.82) is 0 Å². The molecule has 0 saturated carbocycles. The molecule has 0 amide bonds. The number of aromatic nitrogens is 2. The minimum Gasteiger partial charge on any atom is -0.298 e. The zero-order valence-electron chi connectivity index (χ0n) is 19.8. The molecule has 1 fully saturated rings. The number of Topliss-reactive ketones (excluding diaryl/α,β-unsaturated/α-hetero) is 1. The summed E-state index contributed by atoms with van der Waals surface area (Å²) in [5, 5.41) is 0. The van der Waals surface area contributed by atoms with Gasteiger partial charge in [0.1, 0.15) is 17.3 Å². The maximum atomic E-state index is 14.9. The predicted octanol–water partition coefficient (Wildman–Crippen LogP) is 5.13. The quantitative estimate of drug-likeness (QED) is 0.376. The lowest BCUT2D eigenvalue weighted by Gasteiger charge is -2.23. The van der Waals surface area contributed by atoms with Crippen LogP contribution in [-0.2, 0) is 27.4 Å². The molecular formula is C25H21F6N3O3S. The van der Waals surface area contributed by atoms with Crippen molar-refractivity contribution >= 4 is 15.8 Å². The number of alkyl halides is 4. The van der Waals surface area contributed by atoms with Gasteiger partial charge in [0.25, 0.3) is 0 Å². The Bertz CT molecular complexity index is 1440. The average molecular weight is 558 g/mol. The normalized spacial score (nSPS) is 20.6. The first kappa shape index (κ1) is 27.7. The highest BCUT2D eigenvalue weighted by Gasteiger charge is 2.49. The molecule has 38 heavy (non-hydrogen) atoms. The van der Waals surface area contributed by atoms with Crippen molar-refractivity contribution in [2.45, 2.75) is 49.0 Å². The fraction of sp³-hybridized carbons (Fsp3) is 0.320. The molecule has 0 bridgehead atoms. The summed E-state index contributed by atoms with van der Waals surface area (Å²) < 4.78 is 108. The van der Waals surface area contributed by atoms with Crippen molar-refractivity contribution in [3.05, 3.63) is 77.9 Å². The molecule has 1 saturated heterocycles. The summed E-state index contributed by atoms with van der Waals surface area (Å²) in [5.74, 6) is -3.32. The van der Waals surface area contributed by atoms with E-state index < -0.39 is 64.1 Å². The second-order valence-corrected chi connectivity index (χ2v) is 11.1. The molecule has 0 aliphatic carbocycles. The van der Waals surface area contributed by atoms with E-state index in [4.69, 9.17) is 0 Å². The molecule has 6 nitrogen and oxygen atoms in total. The highest BCUT2D eigenvalue weighted by molar-refractivity contribution is 7.89. The maximum Gasteiger partial charge on any atom is 0.451 e. The zero-order valence-corrected chi connectivity index (χ0v) is 20.7. The summed E-state index contributed by atoms with van der Waals surface area (Å²) in [6.45, 7) is 0.587. The van der Waals surface area contributed by atoms with Crippen LogP contribution in [0.4, 0.5) is 26.3 Å². The van der Waals surface area contributed by atoms with E-state index in [9.17, 15) is 39.6 Å². The van der Waals surface area contributed by atoms with Crippen LogP contribution in [0.2, 0.25) is 0 Å². The number of sulfonamides is 1. The average Bonchev–Trinajstić information content (AvgIpc) is 3.19. The molecule has 0 unspecified atom stereocenters. The van der Waals surface area contributed by atoms with E-state index in [-0.39, 0.29) is 28.9 Å². The Morgan fingerprint density at radius 2 is 1.68 bits per heavy atom. The Balaban J connectivity index is 1.53. The molecule has 1 aliphatic heterocycles. The molecule has 1 aliphatic rings. The molecule has 13 heteroatoms. The third-order valence-electron chi connectivity index (χ3n) is 6.17. The lowest BCUT2D eigenvalue weighted by Crippen LogP contribution is -2.41. The molecule has 0 radical (unpaired) electrons. The van der Waals surface area contributed by atoms with Crippen LogP contribution in [0.15, 0.2) is 59.8 Å². The van der Waals surface area contributed by atoms with Gasteiger partial charge in [-0.05, 0) is 60.9 Å². The number of carbonyl (C=O) groups is 1. The van der Waals surface area contributed by atoms with Crippen LogP contribution in [-0.4, -0.2) is 46.7 Å². The number of carbonyl (C=O) groups excluding carboxylic acids is 1. The lowest BCUT2D eigenvalue weighted by atomic mass is 9.97. The third kappa shape index (κ3) is 5.88. The second-order valence-electron chi connectivity index (χ2n) is 9.20. The molecule has 3 aromatic rings. The maximum absolute atomic E-state index is 14.9. The number of ketones is 1. The van der Waals surface area contributed by atoms with Gasteiger partial charge in [-0.2, -0.15) is 17.5 Å². The number of nitrogens with zero attached hydrogens (tertiary/aromatic N) is 3. The molecule has 1 aromatic heterocycles. The van der Waals surface area contributed by atoms with Gasteiger partial charge >= 0.3 is 6.18 Å². The fourth-order valence-corrected chi connectivity index (χ4v) is 5.98. The van der Waals surface area contributed by atoms with E-state index in [0.29, 0.717) is 5.56 Å². The summed E-state index contributed by atoms with van der Waals surface area (Å²) in [6.07, 6.45) is -3.75. The van der Waals surface area contributed by atoms with Crippen LogP contribution in [0.25, 0.3) is 11.1 Å². The zero-order chi connectivity index (χ0) is 27.9. The van der Waals surface area contributed by atoms with Crippen LogP contribution < -0.4 is 0 Å². The van der Waals surface area contributed by atoms with E-state index >= 15 is 0 Å². The second kappa shape index (κ2) is 10.1. The summed E-state index contributed by atoms with van der Waals surface area (Å²) in [6, 6.07) is 6.28. The Hall–Kier alpha value is -3.32. The number of aryl methyl sites for hydroxylation is 1. The minimum absolute atomic E-state index is 0.0460. The van der Waals surface area contributed by atoms with E-state index in [2.05, 4.69) is 9.97 Å². The molecule has 2 aromatic carbocycles. The van der Waals surface area contributed by atoms with Gasteiger partial charge in [0.2, 0.25) is 15.8 Å². The molecule has 2 atom stereocenters.